The van der Waals surface area contributed by atoms with Gasteiger partial charge in [0.1, 0.15) is 6.07 Å². The Morgan fingerprint density at radius 2 is 2.43 bits per heavy atom. The topological polar surface area (TPSA) is 89.7 Å². The molecule has 6 heteroatoms. The van der Waals surface area contributed by atoms with Gasteiger partial charge in [-0.15, -0.1) is 0 Å². The van der Waals surface area contributed by atoms with Crippen molar-refractivity contribution < 1.29 is 5.11 Å². The molecule has 0 saturated heterocycles. The lowest BCUT2D eigenvalue weighted by atomic mass is 10.1. The van der Waals surface area contributed by atoms with Crippen LogP contribution in [0.15, 0.2) is 30.7 Å². The minimum Gasteiger partial charge on any atom is -0.391 e. The molecule has 3 atom stereocenters. The molecule has 1 fully saturated rings. The van der Waals surface area contributed by atoms with Crippen molar-refractivity contribution in [3.63, 3.8) is 0 Å². The summed E-state index contributed by atoms with van der Waals surface area (Å²) in [4.78, 5) is 3.06. The molecule has 1 aliphatic rings. The molecule has 1 unspecified atom stereocenters. The van der Waals surface area contributed by atoms with E-state index in [1.54, 1.807) is 12.4 Å². The van der Waals surface area contributed by atoms with Crippen LogP contribution in [0.4, 0.5) is 0 Å². The predicted octanol–water partition coefficient (Wildman–Crippen LogP) is 1.01. The first-order valence-corrected chi connectivity index (χ1v) is 7.21. The highest BCUT2D eigenvalue weighted by atomic mass is 16.3. The van der Waals surface area contributed by atoms with Gasteiger partial charge in [-0.2, -0.15) is 10.4 Å². The normalized spacial score (nSPS) is 25.0. The first kappa shape index (κ1) is 13.9. The Morgan fingerprint density at radius 3 is 3.14 bits per heavy atom. The van der Waals surface area contributed by atoms with E-state index >= 15 is 0 Å². The van der Waals surface area contributed by atoms with Gasteiger partial charge in [-0.25, -0.2) is 0 Å². The van der Waals surface area contributed by atoms with E-state index in [4.69, 9.17) is 5.26 Å². The summed E-state index contributed by atoms with van der Waals surface area (Å²) in [5.41, 5.74) is 1.60. The van der Waals surface area contributed by atoms with Crippen LogP contribution in [0.2, 0.25) is 0 Å². The molecule has 2 aromatic heterocycles. The fraction of sp³-hybridized carbons (Fsp3) is 0.467. The van der Waals surface area contributed by atoms with Crippen LogP contribution in [0, 0.1) is 17.2 Å². The second-order valence-corrected chi connectivity index (χ2v) is 5.65. The number of hydrogen-bond donors (Lipinski definition) is 3. The third kappa shape index (κ3) is 3.32. The number of aromatic nitrogens is 3. The smallest absolute Gasteiger partial charge is 0.101 e. The highest BCUT2D eigenvalue weighted by molar-refractivity contribution is 5.28. The van der Waals surface area contributed by atoms with Crippen LogP contribution in [0.3, 0.4) is 0 Å². The van der Waals surface area contributed by atoms with Gasteiger partial charge in [0.2, 0.25) is 0 Å². The quantitative estimate of drug-likeness (QED) is 0.765. The van der Waals surface area contributed by atoms with Crippen molar-refractivity contribution in [2.24, 2.45) is 5.92 Å². The third-order valence-corrected chi connectivity index (χ3v) is 4.06. The van der Waals surface area contributed by atoms with Crippen LogP contribution in [-0.4, -0.2) is 32.0 Å². The Labute approximate surface area is 123 Å². The number of hydrogen-bond acceptors (Lipinski definition) is 4. The first-order valence-electron chi connectivity index (χ1n) is 7.21. The maximum absolute atomic E-state index is 10.2. The third-order valence-electron chi connectivity index (χ3n) is 4.06. The molecule has 0 radical (unpaired) electrons. The fourth-order valence-electron chi connectivity index (χ4n) is 3.01. The van der Waals surface area contributed by atoms with Crippen LogP contribution in [0.5, 0.6) is 0 Å². The Morgan fingerprint density at radius 1 is 1.52 bits per heavy atom. The summed E-state index contributed by atoms with van der Waals surface area (Å²) >= 11 is 0. The molecular weight excluding hydrogens is 266 g/mol. The number of nitrogens with zero attached hydrogens (tertiary/aromatic N) is 3. The number of aliphatic hydroxyl groups excluding tert-OH is 1. The van der Waals surface area contributed by atoms with Crippen molar-refractivity contribution in [2.45, 2.75) is 38.1 Å². The van der Waals surface area contributed by atoms with E-state index in [0.717, 1.165) is 25.1 Å². The zero-order valence-corrected chi connectivity index (χ0v) is 11.7. The number of nitrogens with one attached hydrogen (secondary N) is 2. The number of aliphatic hydroxyl groups is 1. The summed E-state index contributed by atoms with van der Waals surface area (Å²) in [5, 5.41) is 26.5. The molecule has 21 heavy (non-hydrogen) atoms. The lowest BCUT2D eigenvalue weighted by Gasteiger charge is -2.15. The second-order valence-electron chi connectivity index (χ2n) is 5.65. The lowest BCUT2D eigenvalue weighted by Crippen LogP contribution is -2.35. The molecule has 0 bridgehead atoms. The van der Waals surface area contributed by atoms with Crippen molar-refractivity contribution in [1.82, 2.24) is 20.1 Å². The molecule has 3 rings (SSSR count). The maximum Gasteiger partial charge on any atom is 0.101 e. The Kier molecular flexibility index (Phi) is 4.04. The van der Waals surface area contributed by atoms with Gasteiger partial charge >= 0.3 is 0 Å². The average molecular weight is 285 g/mol. The van der Waals surface area contributed by atoms with Gasteiger partial charge in [-0.05, 0) is 30.9 Å². The minimum atomic E-state index is -0.323. The summed E-state index contributed by atoms with van der Waals surface area (Å²) < 4.78 is 1.92. The van der Waals surface area contributed by atoms with Gasteiger partial charge in [0.05, 0.1) is 11.7 Å². The van der Waals surface area contributed by atoms with E-state index < -0.39 is 0 Å². The van der Waals surface area contributed by atoms with E-state index in [0.29, 0.717) is 18.0 Å². The molecule has 0 spiro atoms. The van der Waals surface area contributed by atoms with Crippen LogP contribution < -0.4 is 5.32 Å². The standard InChI is InChI=1S/C15H19N5O/c16-7-12-4-13(17-8-12)9-18-14-5-11(6-15(14)21)10-20-3-1-2-19-20/h1-4,8,11,14-15,17-18,21H,5-6,9-10H2/t11?,14-,15-/m1/s1. The molecule has 3 N–H and O–H groups in total. The van der Waals surface area contributed by atoms with Gasteiger partial charge in [0.25, 0.3) is 0 Å². The fourth-order valence-corrected chi connectivity index (χ4v) is 3.01. The van der Waals surface area contributed by atoms with E-state index in [-0.39, 0.29) is 12.1 Å². The highest BCUT2D eigenvalue weighted by Gasteiger charge is 2.32. The molecule has 6 nitrogen and oxygen atoms in total. The average Bonchev–Trinajstić information content (AvgIpc) is 3.19. The van der Waals surface area contributed by atoms with Crippen molar-refractivity contribution in [3.05, 3.63) is 42.0 Å². The van der Waals surface area contributed by atoms with Gasteiger partial charge in [0.15, 0.2) is 0 Å². The molecule has 1 saturated carbocycles. The summed E-state index contributed by atoms with van der Waals surface area (Å²) in [5.74, 6) is 0.440. The molecular formula is C15H19N5O. The van der Waals surface area contributed by atoms with Crippen LogP contribution >= 0.6 is 0 Å². The van der Waals surface area contributed by atoms with Crippen molar-refractivity contribution in [2.75, 3.05) is 0 Å². The van der Waals surface area contributed by atoms with Crippen molar-refractivity contribution in [3.8, 4) is 6.07 Å². The summed E-state index contributed by atoms with van der Waals surface area (Å²) in [6, 6.07) is 5.94. The van der Waals surface area contributed by atoms with Crippen LogP contribution in [0.1, 0.15) is 24.1 Å². The summed E-state index contributed by atoms with van der Waals surface area (Å²) in [6.07, 6.45) is 6.84. The van der Waals surface area contributed by atoms with Gasteiger partial charge in [-0.1, -0.05) is 0 Å². The second kappa shape index (κ2) is 6.12. The van der Waals surface area contributed by atoms with Crippen LogP contribution in [-0.2, 0) is 13.1 Å². The zero-order valence-electron chi connectivity index (χ0n) is 11.7. The highest BCUT2D eigenvalue weighted by Crippen LogP contribution is 2.27. The summed E-state index contributed by atoms with van der Waals surface area (Å²) in [6.45, 7) is 1.49. The van der Waals surface area contributed by atoms with Gasteiger partial charge in [0, 0.05) is 43.4 Å². The minimum absolute atomic E-state index is 0.0967. The van der Waals surface area contributed by atoms with Crippen molar-refractivity contribution in [1.29, 1.82) is 5.26 Å². The largest absolute Gasteiger partial charge is 0.391 e. The predicted molar refractivity (Wildman–Crippen MR) is 77.1 cm³/mol. The zero-order chi connectivity index (χ0) is 14.7. The molecule has 2 heterocycles. The van der Waals surface area contributed by atoms with E-state index in [9.17, 15) is 5.11 Å². The summed E-state index contributed by atoms with van der Waals surface area (Å²) in [7, 11) is 0. The number of H-pyrrole nitrogens is 1. The molecule has 0 amide bonds. The van der Waals surface area contributed by atoms with Crippen molar-refractivity contribution >= 4 is 0 Å². The molecule has 2 aromatic rings. The van der Waals surface area contributed by atoms with E-state index in [1.165, 1.54) is 0 Å². The number of rotatable bonds is 5. The SMILES string of the molecule is N#Cc1c[nH]c(CN[C@@H]2CC(Cn3cccn3)C[C@H]2O)c1. The van der Waals surface area contributed by atoms with Gasteiger partial charge in [-0.3, -0.25) is 4.68 Å². The lowest BCUT2D eigenvalue weighted by molar-refractivity contribution is 0.145. The van der Waals surface area contributed by atoms with Crippen LogP contribution in [0.25, 0.3) is 0 Å². The number of nitriles is 1. The Hall–Kier alpha value is -2.10. The van der Waals surface area contributed by atoms with E-state index in [2.05, 4.69) is 21.5 Å². The van der Waals surface area contributed by atoms with Gasteiger partial charge < -0.3 is 15.4 Å². The maximum atomic E-state index is 10.2. The monoisotopic (exact) mass is 285 g/mol. The molecule has 0 aliphatic heterocycles. The number of aromatic amines is 1. The van der Waals surface area contributed by atoms with E-state index in [1.807, 2.05) is 23.0 Å². The molecule has 1 aliphatic carbocycles. The molecule has 110 valence electrons. The molecule has 0 aromatic carbocycles. The Balaban J connectivity index is 1.51. The first-order chi connectivity index (χ1) is 10.2. The Bertz CT molecular complexity index is 612.